The van der Waals surface area contributed by atoms with Crippen LogP contribution in [0.4, 0.5) is 17.1 Å². The lowest BCUT2D eigenvalue weighted by atomic mass is 10.0. The number of carbonyl (C=O) groups excluding carboxylic acids is 1. The number of anilines is 3. The van der Waals surface area contributed by atoms with E-state index in [4.69, 9.17) is 0 Å². The second-order valence-corrected chi connectivity index (χ2v) is 9.96. The van der Waals surface area contributed by atoms with Crippen LogP contribution in [0, 0.1) is 0 Å². The zero-order valence-corrected chi connectivity index (χ0v) is 18.0. The first-order valence-corrected chi connectivity index (χ1v) is 12.0. The van der Waals surface area contributed by atoms with Gasteiger partial charge in [0.05, 0.1) is 22.0 Å². The van der Waals surface area contributed by atoms with Gasteiger partial charge in [0, 0.05) is 5.39 Å². The third-order valence-electron chi connectivity index (χ3n) is 6.34. The van der Waals surface area contributed by atoms with Crippen molar-refractivity contribution in [3.63, 3.8) is 0 Å². The molecule has 0 spiro atoms. The van der Waals surface area contributed by atoms with E-state index in [0.717, 1.165) is 40.7 Å². The summed E-state index contributed by atoms with van der Waals surface area (Å²) in [6.45, 7) is -0.265. The average Bonchev–Trinajstić information content (AvgIpc) is 2.94. The molecule has 0 aliphatic carbocycles. The van der Waals surface area contributed by atoms with Crippen molar-refractivity contribution in [2.45, 2.75) is 17.7 Å². The average molecular weight is 441 g/mol. The summed E-state index contributed by atoms with van der Waals surface area (Å²) in [5, 5.41) is 1.53. The van der Waals surface area contributed by atoms with E-state index in [1.165, 1.54) is 4.31 Å². The third kappa shape index (κ3) is 2.69. The van der Waals surface area contributed by atoms with Crippen molar-refractivity contribution in [1.82, 2.24) is 0 Å². The molecule has 6 heteroatoms. The fraction of sp³-hybridized carbons (Fsp3) is 0.115. The molecule has 2 aliphatic rings. The molecule has 1 amide bonds. The number of amides is 1. The molecule has 0 saturated carbocycles. The van der Waals surface area contributed by atoms with Crippen LogP contribution < -0.4 is 9.21 Å². The molecule has 5 nitrogen and oxygen atoms in total. The first-order chi connectivity index (χ1) is 15.6. The number of fused-ring (bicyclic) bond motifs is 2. The lowest BCUT2D eigenvalue weighted by Gasteiger charge is -2.27. The van der Waals surface area contributed by atoms with E-state index in [1.807, 2.05) is 66.7 Å². The minimum atomic E-state index is -3.81. The summed E-state index contributed by atoms with van der Waals surface area (Å²) >= 11 is 0. The Kier molecular flexibility index (Phi) is 4.13. The summed E-state index contributed by atoms with van der Waals surface area (Å²) in [4.78, 5) is 15.8. The van der Waals surface area contributed by atoms with E-state index in [9.17, 15) is 13.2 Å². The number of benzene rings is 4. The smallest absolute Gasteiger partial charge is 0.265 e. The number of para-hydroxylation sites is 2. The Morgan fingerprint density at radius 3 is 1.94 bits per heavy atom. The van der Waals surface area contributed by atoms with Gasteiger partial charge in [0.15, 0.2) is 0 Å². The van der Waals surface area contributed by atoms with Gasteiger partial charge in [-0.05, 0) is 53.6 Å². The summed E-state index contributed by atoms with van der Waals surface area (Å²) in [7, 11) is -3.81. The van der Waals surface area contributed by atoms with Gasteiger partial charge in [-0.2, -0.15) is 0 Å². The summed E-state index contributed by atoms with van der Waals surface area (Å²) in [6.07, 6.45) is 1.65. The molecule has 0 saturated heterocycles. The van der Waals surface area contributed by atoms with E-state index in [2.05, 4.69) is 0 Å². The van der Waals surface area contributed by atoms with Crippen LogP contribution in [0.25, 0.3) is 10.8 Å². The number of hydrogen-bond acceptors (Lipinski definition) is 3. The molecule has 0 atom stereocenters. The maximum Gasteiger partial charge on any atom is 0.265 e. The molecule has 4 aromatic carbocycles. The quantitative estimate of drug-likeness (QED) is 0.449. The standard InChI is InChI=1S/C26H20N2O3S/c29-25(17-27-23-13-5-9-20-10-6-14-24(26(20)23)32(27,30)31)28-21-11-3-1-7-18(21)15-16-19-8-2-4-12-22(19)28/h1-14H,15-17H2. The van der Waals surface area contributed by atoms with Gasteiger partial charge in [-0.3, -0.25) is 14.0 Å². The largest absolute Gasteiger partial charge is 0.279 e. The number of aryl methyl sites for hydroxylation is 2. The first-order valence-electron chi connectivity index (χ1n) is 10.6. The minimum absolute atomic E-state index is 0.259. The molecule has 4 aromatic rings. The van der Waals surface area contributed by atoms with E-state index in [-0.39, 0.29) is 17.3 Å². The number of nitrogens with zero attached hydrogens (tertiary/aromatic N) is 2. The number of rotatable bonds is 2. The second kappa shape index (κ2) is 6.93. The second-order valence-electron chi connectivity index (χ2n) is 8.13. The molecule has 2 aliphatic heterocycles. The molecular weight excluding hydrogens is 420 g/mol. The van der Waals surface area contributed by atoms with Crippen molar-refractivity contribution in [3.8, 4) is 0 Å². The monoisotopic (exact) mass is 440 g/mol. The predicted octanol–water partition coefficient (Wildman–Crippen LogP) is 4.81. The highest BCUT2D eigenvalue weighted by Crippen LogP contribution is 2.43. The van der Waals surface area contributed by atoms with Crippen LogP contribution in [0.5, 0.6) is 0 Å². The van der Waals surface area contributed by atoms with Gasteiger partial charge in [-0.25, -0.2) is 8.42 Å². The van der Waals surface area contributed by atoms with Crippen LogP contribution in [-0.2, 0) is 27.7 Å². The van der Waals surface area contributed by atoms with Gasteiger partial charge in [-0.1, -0.05) is 60.7 Å². The zero-order chi connectivity index (χ0) is 21.9. The van der Waals surface area contributed by atoms with Gasteiger partial charge in [0.25, 0.3) is 15.9 Å². The Labute approximate surface area is 186 Å². The summed E-state index contributed by atoms with van der Waals surface area (Å²) in [6, 6.07) is 26.4. The Morgan fingerprint density at radius 2 is 1.28 bits per heavy atom. The minimum Gasteiger partial charge on any atom is -0.279 e. The van der Waals surface area contributed by atoms with Gasteiger partial charge >= 0.3 is 0 Å². The molecule has 0 bridgehead atoms. The Bertz CT molecular complexity index is 1460. The summed E-state index contributed by atoms with van der Waals surface area (Å²) < 4.78 is 28.0. The number of sulfonamides is 1. The highest BCUT2D eigenvalue weighted by molar-refractivity contribution is 7.93. The van der Waals surface area contributed by atoms with Gasteiger partial charge in [0.2, 0.25) is 0 Å². The molecule has 6 rings (SSSR count). The molecular formula is C26H20N2O3S. The lowest BCUT2D eigenvalue weighted by molar-refractivity contribution is -0.116. The van der Waals surface area contributed by atoms with Crippen LogP contribution in [0.15, 0.2) is 89.8 Å². The molecule has 32 heavy (non-hydrogen) atoms. The van der Waals surface area contributed by atoms with Crippen molar-refractivity contribution >= 4 is 43.8 Å². The normalized spacial score (nSPS) is 15.9. The topological polar surface area (TPSA) is 57.7 Å². The molecule has 0 unspecified atom stereocenters. The molecule has 0 fully saturated rings. The fourth-order valence-corrected chi connectivity index (χ4v) is 6.53. The van der Waals surface area contributed by atoms with Crippen molar-refractivity contribution in [3.05, 3.63) is 96.1 Å². The first kappa shape index (κ1) is 19.1. The maximum absolute atomic E-state index is 13.8. The van der Waals surface area contributed by atoms with E-state index in [0.29, 0.717) is 11.1 Å². The van der Waals surface area contributed by atoms with Crippen LogP contribution in [0.1, 0.15) is 11.1 Å². The molecule has 0 radical (unpaired) electrons. The van der Waals surface area contributed by atoms with Crippen LogP contribution in [-0.4, -0.2) is 20.9 Å². The number of hydrogen-bond donors (Lipinski definition) is 0. The Balaban J connectivity index is 1.47. The van der Waals surface area contributed by atoms with Crippen molar-refractivity contribution in [2.75, 3.05) is 15.7 Å². The summed E-state index contributed by atoms with van der Waals surface area (Å²) in [5.41, 5.74) is 4.34. The molecule has 0 N–H and O–H groups in total. The SMILES string of the molecule is O=C(CN1c2cccc3cccc(c23)S1(=O)=O)N1c2ccccc2CCc2ccccc21. The van der Waals surface area contributed by atoms with Crippen LogP contribution in [0.3, 0.4) is 0 Å². The summed E-state index contributed by atoms with van der Waals surface area (Å²) in [5.74, 6) is -0.278. The van der Waals surface area contributed by atoms with Crippen LogP contribution in [0.2, 0.25) is 0 Å². The zero-order valence-electron chi connectivity index (χ0n) is 17.2. The van der Waals surface area contributed by atoms with Gasteiger partial charge < -0.3 is 0 Å². The van der Waals surface area contributed by atoms with E-state index in [1.54, 1.807) is 23.1 Å². The van der Waals surface area contributed by atoms with Crippen LogP contribution >= 0.6 is 0 Å². The molecule has 2 heterocycles. The number of carbonyl (C=O) groups is 1. The van der Waals surface area contributed by atoms with Crippen molar-refractivity contribution in [2.24, 2.45) is 0 Å². The molecule has 0 aromatic heterocycles. The Hall–Kier alpha value is -3.64. The van der Waals surface area contributed by atoms with Gasteiger partial charge in [-0.15, -0.1) is 0 Å². The highest BCUT2D eigenvalue weighted by atomic mass is 32.2. The van der Waals surface area contributed by atoms with Crippen molar-refractivity contribution < 1.29 is 13.2 Å². The highest BCUT2D eigenvalue weighted by Gasteiger charge is 2.38. The van der Waals surface area contributed by atoms with E-state index < -0.39 is 10.0 Å². The van der Waals surface area contributed by atoms with Gasteiger partial charge in [0.1, 0.15) is 6.54 Å². The lowest BCUT2D eigenvalue weighted by Crippen LogP contribution is -2.40. The van der Waals surface area contributed by atoms with Crippen molar-refractivity contribution in [1.29, 1.82) is 0 Å². The van der Waals surface area contributed by atoms with E-state index >= 15 is 0 Å². The fourth-order valence-electron chi connectivity index (χ4n) is 4.87. The molecule has 158 valence electrons. The predicted molar refractivity (Wildman–Crippen MR) is 126 cm³/mol. The maximum atomic E-state index is 13.8. The third-order valence-corrected chi connectivity index (χ3v) is 8.14. The Morgan fingerprint density at radius 1 is 0.719 bits per heavy atom.